The molecule has 0 aromatic carbocycles. The SMILES string of the molecule is Cc1nnc(CN=C(NCC2CCCO2)NC2CCC3CCCCC3C2)n1C. The normalized spacial score (nSPS) is 30.9. The zero-order valence-electron chi connectivity index (χ0n) is 17.5. The molecule has 2 N–H and O–H groups in total. The first-order valence-corrected chi connectivity index (χ1v) is 11.2. The molecule has 0 amide bonds. The van der Waals surface area contributed by atoms with Crippen molar-refractivity contribution in [3.63, 3.8) is 0 Å². The zero-order valence-corrected chi connectivity index (χ0v) is 17.5. The lowest BCUT2D eigenvalue weighted by Crippen LogP contribution is -2.48. The van der Waals surface area contributed by atoms with E-state index in [0.717, 1.165) is 55.4 Å². The number of fused-ring (bicyclic) bond motifs is 1. The maximum atomic E-state index is 5.78. The highest BCUT2D eigenvalue weighted by atomic mass is 16.5. The second kappa shape index (κ2) is 9.25. The molecule has 3 aliphatic rings. The molecule has 2 heterocycles. The van der Waals surface area contributed by atoms with Gasteiger partial charge < -0.3 is 19.9 Å². The first kappa shape index (κ1) is 19.7. The number of nitrogens with one attached hydrogen (secondary N) is 2. The monoisotopic (exact) mass is 388 g/mol. The number of hydrogen-bond acceptors (Lipinski definition) is 4. The van der Waals surface area contributed by atoms with Crippen LogP contribution in [0.1, 0.15) is 69.4 Å². The molecule has 0 spiro atoms. The van der Waals surface area contributed by atoms with Crippen molar-refractivity contribution in [3.8, 4) is 0 Å². The van der Waals surface area contributed by atoms with Crippen LogP contribution >= 0.6 is 0 Å². The van der Waals surface area contributed by atoms with E-state index < -0.39 is 0 Å². The third-order valence-corrected chi connectivity index (χ3v) is 6.96. The van der Waals surface area contributed by atoms with E-state index in [-0.39, 0.29) is 0 Å². The fourth-order valence-electron chi connectivity index (χ4n) is 5.10. The minimum absolute atomic E-state index is 0.304. The molecule has 7 nitrogen and oxygen atoms in total. The summed E-state index contributed by atoms with van der Waals surface area (Å²) < 4.78 is 7.79. The fourth-order valence-corrected chi connectivity index (χ4v) is 5.10. The zero-order chi connectivity index (χ0) is 19.3. The number of guanidine groups is 1. The summed E-state index contributed by atoms with van der Waals surface area (Å²) >= 11 is 0. The molecule has 1 aliphatic heterocycles. The average Bonchev–Trinajstić information content (AvgIpc) is 3.35. The summed E-state index contributed by atoms with van der Waals surface area (Å²) in [5, 5.41) is 15.7. The highest BCUT2D eigenvalue weighted by Gasteiger charge is 2.32. The Balaban J connectivity index is 1.38. The van der Waals surface area contributed by atoms with Crippen molar-refractivity contribution in [2.75, 3.05) is 13.2 Å². The summed E-state index contributed by atoms with van der Waals surface area (Å²) in [5.74, 6) is 4.58. The van der Waals surface area contributed by atoms with E-state index in [1.807, 2.05) is 18.5 Å². The molecule has 2 saturated carbocycles. The van der Waals surface area contributed by atoms with Gasteiger partial charge in [-0.25, -0.2) is 4.99 Å². The first-order valence-electron chi connectivity index (χ1n) is 11.2. The van der Waals surface area contributed by atoms with Gasteiger partial charge in [0.15, 0.2) is 11.8 Å². The predicted octanol–water partition coefficient (Wildman–Crippen LogP) is 2.70. The predicted molar refractivity (Wildman–Crippen MR) is 110 cm³/mol. The quantitative estimate of drug-likeness (QED) is 0.599. The topological polar surface area (TPSA) is 76.4 Å². The maximum absolute atomic E-state index is 5.78. The summed E-state index contributed by atoms with van der Waals surface area (Å²) in [4.78, 5) is 4.84. The Morgan fingerprint density at radius 2 is 1.96 bits per heavy atom. The van der Waals surface area contributed by atoms with E-state index in [2.05, 4.69) is 20.8 Å². The van der Waals surface area contributed by atoms with E-state index in [1.54, 1.807) is 0 Å². The second-order valence-electron chi connectivity index (χ2n) is 8.86. The maximum Gasteiger partial charge on any atom is 0.192 e. The molecule has 3 fully saturated rings. The van der Waals surface area contributed by atoms with Crippen molar-refractivity contribution in [1.29, 1.82) is 0 Å². The number of nitrogens with zero attached hydrogens (tertiary/aromatic N) is 4. The van der Waals surface area contributed by atoms with Crippen LogP contribution in [-0.2, 0) is 18.3 Å². The van der Waals surface area contributed by atoms with Gasteiger partial charge in [-0.15, -0.1) is 10.2 Å². The fraction of sp³-hybridized carbons (Fsp3) is 0.857. The molecule has 0 radical (unpaired) electrons. The van der Waals surface area contributed by atoms with Crippen LogP contribution in [0.25, 0.3) is 0 Å². The van der Waals surface area contributed by atoms with Gasteiger partial charge in [0.05, 0.1) is 6.10 Å². The van der Waals surface area contributed by atoms with Gasteiger partial charge in [-0.2, -0.15) is 0 Å². The lowest BCUT2D eigenvalue weighted by atomic mass is 9.69. The Bertz CT molecular complexity index is 666. The van der Waals surface area contributed by atoms with Gasteiger partial charge in [-0.3, -0.25) is 0 Å². The number of hydrogen-bond donors (Lipinski definition) is 2. The van der Waals surface area contributed by atoms with Gasteiger partial charge in [0.25, 0.3) is 0 Å². The van der Waals surface area contributed by atoms with Crippen molar-refractivity contribution < 1.29 is 4.74 Å². The van der Waals surface area contributed by atoms with Gasteiger partial charge >= 0.3 is 0 Å². The molecule has 0 bridgehead atoms. The van der Waals surface area contributed by atoms with Crippen LogP contribution in [0.2, 0.25) is 0 Å². The van der Waals surface area contributed by atoms with E-state index in [9.17, 15) is 0 Å². The van der Waals surface area contributed by atoms with Gasteiger partial charge in [0.2, 0.25) is 0 Å². The molecule has 4 rings (SSSR count). The van der Waals surface area contributed by atoms with Crippen LogP contribution in [0.15, 0.2) is 4.99 Å². The van der Waals surface area contributed by atoms with Crippen LogP contribution in [-0.4, -0.2) is 46.0 Å². The standard InChI is InChI=1S/C21H36N6O/c1-15-25-26-20(27(15)2)14-23-21(22-13-19-8-5-11-28-19)24-18-10-9-16-6-3-4-7-17(16)12-18/h16-19H,3-14H2,1-2H3,(H2,22,23,24). The Morgan fingerprint density at radius 1 is 1.11 bits per heavy atom. The Labute approximate surface area is 168 Å². The number of aryl methyl sites for hydroxylation is 1. The summed E-state index contributed by atoms with van der Waals surface area (Å²) in [7, 11) is 2.00. The number of aromatic nitrogens is 3. The summed E-state index contributed by atoms with van der Waals surface area (Å²) in [5.41, 5.74) is 0. The van der Waals surface area contributed by atoms with E-state index in [4.69, 9.17) is 9.73 Å². The van der Waals surface area contributed by atoms with E-state index in [1.165, 1.54) is 44.9 Å². The van der Waals surface area contributed by atoms with E-state index in [0.29, 0.717) is 18.7 Å². The van der Waals surface area contributed by atoms with E-state index >= 15 is 0 Å². The van der Waals surface area contributed by atoms with Crippen molar-refractivity contribution in [2.45, 2.75) is 83.4 Å². The lowest BCUT2D eigenvalue weighted by Gasteiger charge is -2.40. The molecule has 1 aromatic heterocycles. The number of ether oxygens (including phenoxy) is 1. The largest absolute Gasteiger partial charge is 0.376 e. The van der Waals surface area contributed by atoms with Gasteiger partial charge in [-0.05, 0) is 50.9 Å². The molecule has 2 aliphatic carbocycles. The summed E-state index contributed by atoms with van der Waals surface area (Å²) in [6.45, 7) is 4.22. The van der Waals surface area contributed by atoms with Crippen molar-refractivity contribution in [3.05, 3.63) is 11.6 Å². The lowest BCUT2D eigenvalue weighted by molar-refractivity contribution is 0.113. The van der Waals surface area contributed by atoms with Crippen molar-refractivity contribution in [1.82, 2.24) is 25.4 Å². The Morgan fingerprint density at radius 3 is 2.71 bits per heavy atom. The first-order chi connectivity index (χ1) is 13.7. The molecule has 1 saturated heterocycles. The molecular formula is C21H36N6O. The third kappa shape index (κ3) is 4.85. The average molecular weight is 389 g/mol. The van der Waals surface area contributed by atoms with Gasteiger partial charge in [0, 0.05) is 26.2 Å². The third-order valence-electron chi connectivity index (χ3n) is 6.96. The van der Waals surface area contributed by atoms with Crippen molar-refractivity contribution in [2.24, 2.45) is 23.9 Å². The van der Waals surface area contributed by atoms with Gasteiger partial charge in [0.1, 0.15) is 12.4 Å². The highest BCUT2D eigenvalue weighted by molar-refractivity contribution is 5.80. The smallest absolute Gasteiger partial charge is 0.192 e. The van der Waals surface area contributed by atoms with Crippen LogP contribution in [0.3, 0.4) is 0 Å². The van der Waals surface area contributed by atoms with Crippen LogP contribution in [0, 0.1) is 18.8 Å². The molecular weight excluding hydrogens is 352 g/mol. The highest BCUT2D eigenvalue weighted by Crippen LogP contribution is 2.40. The summed E-state index contributed by atoms with van der Waals surface area (Å²) in [6.07, 6.45) is 12.2. The number of aliphatic imine (C=N–C) groups is 1. The van der Waals surface area contributed by atoms with Gasteiger partial charge in [-0.1, -0.05) is 25.7 Å². The molecule has 156 valence electrons. The van der Waals surface area contributed by atoms with Crippen LogP contribution in [0.5, 0.6) is 0 Å². The second-order valence-corrected chi connectivity index (χ2v) is 8.86. The molecule has 4 atom stereocenters. The molecule has 4 unspecified atom stereocenters. The van der Waals surface area contributed by atoms with Crippen molar-refractivity contribution >= 4 is 5.96 Å². The molecule has 7 heteroatoms. The minimum atomic E-state index is 0.304. The Hall–Kier alpha value is -1.63. The Kier molecular flexibility index (Phi) is 6.50. The van der Waals surface area contributed by atoms with Crippen LogP contribution < -0.4 is 10.6 Å². The molecule has 1 aromatic rings. The van der Waals surface area contributed by atoms with Crippen LogP contribution in [0.4, 0.5) is 0 Å². The summed E-state index contributed by atoms with van der Waals surface area (Å²) in [6, 6.07) is 0.524. The molecule has 28 heavy (non-hydrogen) atoms. The minimum Gasteiger partial charge on any atom is -0.376 e. The number of rotatable bonds is 5.